The minimum Gasteiger partial charge on any atom is -0.261 e. The second-order valence-corrected chi connectivity index (χ2v) is 3.41. The lowest BCUT2D eigenvalue weighted by molar-refractivity contribution is 1.19. The van der Waals surface area contributed by atoms with Crippen LogP contribution in [-0.4, -0.2) is 9.97 Å². The summed E-state index contributed by atoms with van der Waals surface area (Å²) in [5.74, 6) is 0. The molecule has 0 aromatic carbocycles. The molecule has 0 aliphatic rings. The van der Waals surface area contributed by atoms with Gasteiger partial charge >= 0.3 is 0 Å². The summed E-state index contributed by atoms with van der Waals surface area (Å²) in [6.45, 7) is 8.01. The lowest BCUT2D eigenvalue weighted by Crippen LogP contribution is -1.86. The molecule has 0 spiro atoms. The molecule has 0 saturated heterocycles. The molecule has 0 radical (unpaired) electrons. The molecule has 16 heavy (non-hydrogen) atoms. The largest absolute Gasteiger partial charge is 0.261 e. The van der Waals surface area contributed by atoms with Gasteiger partial charge in [0.05, 0.1) is 5.69 Å². The maximum Gasteiger partial charge on any atom is 0.0717 e. The van der Waals surface area contributed by atoms with E-state index in [2.05, 4.69) is 16.0 Å². The molecule has 2 aromatic rings. The Bertz CT molecular complexity index is 372. The summed E-state index contributed by atoms with van der Waals surface area (Å²) in [6, 6.07) is 8.11. The summed E-state index contributed by atoms with van der Waals surface area (Å²) in [4.78, 5) is 8.58. The van der Waals surface area contributed by atoms with Crippen molar-refractivity contribution in [2.45, 2.75) is 27.7 Å². The van der Waals surface area contributed by atoms with Crippen LogP contribution >= 0.6 is 0 Å². The highest BCUT2D eigenvalue weighted by atomic mass is 14.7. The molecule has 0 saturated carbocycles. The molecule has 0 aliphatic heterocycles. The van der Waals surface area contributed by atoms with Crippen molar-refractivity contribution in [2.75, 3.05) is 0 Å². The van der Waals surface area contributed by atoms with Crippen molar-refractivity contribution in [2.24, 2.45) is 0 Å². The molecular formula is C14H18N2. The van der Waals surface area contributed by atoms with Crippen LogP contribution in [-0.2, 0) is 0 Å². The molecule has 0 fully saturated rings. The molecule has 2 heterocycles. The number of nitrogens with zero attached hydrogens (tertiary/aromatic N) is 2. The molecule has 2 nitrogen and oxygen atoms in total. The van der Waals surface area contributed by atoms with E-state index in [4.69, 9.17) is 0 Å². The van der Waals surface area contributed by atoms with E-state index in [9.17, 15) is 0 Å². The second-order valence-electron chi connectivity index (χ2n) is 3.41. The zero-order chi connectivity index (χ0) is 12.0. The van der Waals surface area contributed by atoms with Crippen LogP contribution in [0, 0.1) is 13.8 Å². The monoisotopic (exact) mass is 214 g/mol. The average Bonchev–Trinajstić information content (AvgIpc) is 2.34. The predicted molar refractivity (Wildman–Crippen MR) is 68.3 cm³/mol. The third kappa shape index (κ3) is 3.16. The fraction of sp³-hybridized carbons (Fsp3) is 0.286. The van der Waals surface area contributed by atoms with Crippen molar-refractivity contribution in [3.05, 3.63) is 47.9 Å². The number of hydrogen-bond donors (Lipinski definition) is 0. The molecule has 2 heteroatoms. The van der Waals surface area contributed by atoms with Gasteiger partial charge in [0, 0.05) is 23.7 Å². The Morgan fingerprint density at radius 1 is 0.812 bits per heavy atom. The Kier molecular flexibility index (Phi) is 4.65. The van der Waals surface area contributed by atoms with E-state index < -0.39 is 0 Å². The van der Waals surface area contributed by atoms with Gasteiger partial charge in [-0.05, 0) is 37.6 Å². The summed E-state index contributed by atoms with van der Waals surface area (Å²) in [5, 5.41) is 0. The second kappa shape index (κ2) is 6.01. The fourth-order valence-electron chi connectivity index (χ4n) is 1.26. The third-order valence-corrected chi connectivity index (χ3v) is 2.12. The number of pyridine rings is 2. The smallest absolute Gasteiger partial charge is 0.0717 e. The SMILES string of the molecule is CC.Cc1ccc(-c2ccc(C)nc2)nc1. The van der Waals surface area contributed by atoms with E-state index in [1.54, 1.807) is 0 Å². The quantitative estimate of drug-likeness (QED) is 0.721. The van der Waals surface area contributed by atoms with Crippen molar-refractivity contribution in [3.8, 4) is 11.3 Å². The number of rotatable bonds is 1. The maximum atomic E-state index is 4.34. The minimum atomic E-state index is 0.975. The molecule has 0 bridgehead atoms. The van der Waals surface area contributed by atoms with Gasteiger partial charge in [-0.1, -0.05) is 19.9 Å². The molecule has 0 N–H and O–H groups in total. The van der Waals surface area contributed by atoms with Crippen molar-refractivity contribution in [3.63, 3.8) is 0 Å². The van der Waals surface area contributed by atoms with Crippen molar-refractivity contribution in [1.82, 2.24) is 9.97 Å². The van der Waals surface area contributed by atoms with Gasteiger partial charge in [0.2, 0.25) is 0 Å². The van der Waals surface area contributed by atoms with Gasteiger partial charge in [0.25, 0.3) is 0 Å². The minimum absolute atomic E-state index is 0.975. The van der Waals surface area contributed by atoms with E-state index in [0.29, 0.717) is 0 Å². The van der Waals surface area contributed by atoms with Crippen LogP contribution in [0.4, 0.5) is 0 Å². The lowest BCUT2D eigenvalue weighted by atomic mass is 10.1. The Balaban J connectivity index is 0.000000606. The van der Waals surface area contributed by atoms with Crippen molar-refractivity contribution < 1.29 is 0 Å². The highest BCUT2D eigenvalue weighted by Gasteiger charge is 1.97. The Morgan fingerprint density at radius 2 is 1.56 bits per heavy atom. The van der Waals surface area contributed by atoms with Crippen molar-refractivity contribution >= 4 is 0 Å². The molecule has 0 unspecified atom stereocenters. The normalized spacial score (nSPS) is 9.25. The summed E-state index contributed by atoms with van der Waals surface area (Å²) in [6.07, 6.45) is 3.72. The molecule has 0 aliphatic carbocycles. The van der Waals surface area contributed by atoms with Gasteiger partial charge < -0.3 is 0 Å². The zero-order valence-electron chi connectivity index (χ0n) is 10.4. The topological polar surface area (TPSA) is 25.8 Å². The number of aryl methyl sites for hydroxylation is 2. The first-order valence-electron chi connectivity index (χ1n) is 5.61. The lowest BCUT2D eigenvalue weighted by Gasteiger charge is -2.00. The van der Waals surface area contributed by atoms with Crippen LogP contribution in [0.3, 0.4) is 0 Å². The molecule has 2 rings (SSSR count). The van der Waals surface area contributed by atoms with Gasteiger partial charge in [0.1, 0.15) is 0 Å². The third-order valence-electron chi connectivity index (χ3n) is 2.12. The van der Waals surface area contributed by atoms with Crippen LogP contribution in [0.25, 0.3) is 11.3 Å². The van der Waals surface area contributed by atoms with E-state index in [0.717, 1.165) is 17.0 Å². The standard InChI is InChI=1S/C12H12N2.C2H6/c1-9-3-6-12(14-7-9)11-5-4-10(2)13-8-11;1-2/h3-8H,1-2H3;1-2H3. The first-order chi connectivity index (χ1) is 7.75. The van der Waals surface area contributed by atoms with Crippen LogP contribution < -0.4 is 0 Å². The molecule has 2 aromatic heterocycles. The van der Waals surface area contributed by atoms with E-state index >= 15 is 0 Å². The average molecular weight is 214 g/mol. The Hall–Kier alpha value is -1.70. The van der Waals surface area contributed by atoms with Crippen LogP contribution in [0.5, 0.6) is 0 Å². The molecule has 84 valence electrons. The number of hydrogen-bond acceptors (Lipinski definition) is 2. The summed E-state index contributed by atoms with van der Waals surface area (Å²) < 4.78 is 0. The predicted octanol–water partition coefficient (Wildman–Crippen LogP) is 3.79. The van der Waals surface area contributed by atoms with Crippen molar-refractivity contribution in [1.29, 1.82) is 0 Å². The van der Waals surface area contributed by atoms with Gasteiger partial charge in [-0.25, -0.2) is 0 Å². The van der Waals surface area contributed by atoms with Gasteiger partial charge in [-0.15, -0.1) is 0 Å². The summed E-state index contributed by atoms with van der Waals surface area (Å²) in [7, 11) is 0. The molecule has 0 atom stereocenters. The van der Waals surface area contributed by atoms with Crippen LogP contribution in [0.2, 0.25) is 0 Å². The van der Waals surface area contributed by atoms with Crippen LogP contribution in [0.1, 0.15) is 25.1 Å². The van der Waals surface area contributed by atoms with E-state index in [1.165, 1.54) is 5.56 Å². The summed E-state index contributed by atoms with van der Waals surface area (Å²) >= 11 is 0. The maximum absolute atomic E-state index is 4.34. The molecular weight excluding hydrogens is 196 g/mol. The molecule has 0 amide bonds. The van der Waals surface area contributed by atoms with E-state index in [-0.39, 0.29) is 0 Å². The number of aromatic nitrogens is 2. The van der Waals surface area contributed by atoms with Crippen LogP contribution in [0.15, 0.2) is 36.7 Å². The first-order valence-corrected chi connectivity index (χ1v) is 5.61. The Morgan fingerprint density at radius 3 is 2.06 bits per heavy atom. The van der Waals surface area contributed by atoms with E-state index in [1.807, 2.05) is 58.3 Å². The highest BCUT2D eigenvalue weighted by molar-refractivity contribution is 5.57. The fourth-order valence-corrected chi connectivity index (χ4v) is 1.26. The van der Waals surface area contributed by atoms with Gasteiger partial charge in [-0.3, -0.25) is 9.97 Å². The van der Waals surface area contributed by atoms with Gasteiger partial charge in [-0.2, -0.15) is 0 Å². The zero-order valence-corrected chi connectivity index (χ0v) is 10.4. The highest BCUT2D eigenvalue weighted by Crippen LogP contribution is 2.15. The first kappa shape index (κ1) is 12.4. The Labute approximate surface area is 97.4 Å². The van der Waals surface area contributed by atoms with Gasteiger partial charge in [0.15, 0.2) is 0 Å². The summed E-state index contributed by atoms with van der Waals surface area (Å²) in [5.41, 5.74) is 4.24.